The summed E-state index contributed by atoms with van der Waals surface area (Å²) < 4.78 is 13.2. The molecule has 94 valence electrons. The Hall–Kier alpha value is -2.69. The van der Waals surface area contributed by atoms with Gasteiger partial charge in [-0.25, -0.2) is 4.39 Å². The van der Waals surface area contributed by atoms with E-state index in [4.69, 9.17) is 0 Å². The standard InChI is InChI=1S/C14H7FO4/c15-6-1-2-7-8(5-6)14(19)12-10(17)4-3-9(16)11(12)13(7)18/h1-5,16-17H. The lowest BCUT2D eigenvalue weighted by Crippen LogP contribution is -2.21. The maximum absolute atomic E-state index is 13.2. The molecule has 5 heteroatoms. The molecular weight excluding hydrogens is 251 g/mol. The zero-order chi connectivity index (χ0) is 13.7. The fraction of sp³-hybridized carbons (Fsp3) is 0. The molecule has 2 N–H and O–H groups in total. The summed E-state index contributed by atoms with van der Waals surface area (Å²) in [5, 5.41) is 19.4. The Kier molecular flexibility index (Phi) is 2.19. The number of halogens is 1. The molecule has 0 aliphatic heterocycles. The van der Waals surface area contributed by atoms with Crippen molar-refractivity contribution in [3.8, 4) is 11.5 Å². The minimum absolute atomic E-state index is 0.0137. The van der Waals surface area contributed by atoms with Gasteiger partial charge in [0, 0.05) is 11.1 Å². The maximum Gasteiger partial charge on any atom is 0.198 e. The summed E-state index contributed by atoms with van der Waals surface area (Å²) in [7, 11) is 0. The summed E-state index contributed by atoms with van der Waals surface area (Å²) in [6.07, 6.45) is 0. The van der Waals surface area contributed by atoms with Crippen LogP contribution < -0.4 is 0 Å². The van der Waals surface area contributed by atoms with Crippen LogP contribution in [0, 0.1) is 5.82 Å². The number of carbonyl (C=O) groups is 2. The van der Waals surface area contributed by atoms with Gasteiger partial charge < -0.3 is 10.2 Å². The number of aromatic hydroxyl groups is 2. The molecule has 1 aliphatic carbocycles. The van der Waals surface area contributed by atoms with E-state index in [1.807, 2.05) is 0 Å². The molecule has 0 spiro atoms. The molecule has 2 aromatic rings. The average Bonchev–Trinajstić information content (AvgIpc) is 2.38. The lowest BCUT2D eigenvalue weighted by molar-refractivity contribution is 0.0974. The molecule has 0 saturated carbocycles. The molecule has 0 bridgehead atoms. The molecule has 0 fully saturated rings. The second-order valence-electron chi connectivity index (χ2n) is 4.20. The van der Waals surface area contributed by atoms with Crippen LogP contribution in [0.15, 0.2) is 30.3 Å². The van der Waals surface area contributed by atoms with Crippen LogP contribution in [0.5, 0.6) is 11.5 Å². The van der Waals surface area contributed by atoms with Gasteiger partial charge in [-0.15, -0.1) is 0 Å². The zero-order valence-corrected chi connectivity index (χ0v) is 9.48. The van der Waals surface area contributed by atoms with Gasteiger partial charge in [0.05, 0.1) is 11.1 Å². The van der Waals surface area contributed by atoms with Crippen LogP contribution in [0.4, 0.5) is 4.39 Å². The maximum atomic E-state index is 13.2. The summed E-state index contributed by atoms with van der Waals surface area (Å²) >= 11 is 0. The molecule has 2 aromatic carbocycles. The Balaban J connectivity index is 2.39. The van der Waals surface area contributed by atoms with Gasteiger partial charge in [0.1, 0.15) is 17.3 Å². The molecule has 0 radical (unpaired) electrons. The highest BCUT2D eigenvalue weighted by atomic mass is 19.1. The lowest BCUT2D eigenvalue weighted by atomic mass is 9.83. The van der Waals surface area contributed by atoms with E-state index in [2.05, 4.69) is 0 Å². The van der Waals surface area contributed by atoms with Crippen molar-refractivity contribution in [2.24, 2.45) is 0 Å². The highest BCUT2D eigenvalue weighted by Gasteiger charge is 2.34. The number of hydrogen-bond acceptors (Lipinski definition) is 4. The van der Waals surface area contributed by atoms with Crippen LogP contribution in [-0.2, 0) is 0 Å². The average molecular weight is 258 g/mol. The Morgan fingerprint density at radius 1 is 0.789 bits per heavy atom. The predicted octanol–water partition coefficient (Wildman–Crippen LogP) is 2.01. The largest absolute Gasteiger partial charge is 0.507 e. The van der Waals surface area contributed by atoms with E-state index in [-0.39, 0.29) is 28.0 Å². The zero-order valence-electron chi connectivity index (χ0n) is 9.48. The Morgan fingerprint density at radius 3 is 1.89 bits per heavy atom. The topological polar surface area (TPSA) is 74.6 Å². The number of phenols is 2. The summed E-state index contributed by atoms with van der Waals surface area (Å²) in [5.41, 5.74) is -0.634. The molecule has 0 atom stereocenters. The minimum Gasteiger partial charge on any atom is -0.507 e. The molecule has 3 rings (SSSR count). The summed E-state index contributed by atoms with van der Waals surface area (Å²) in [6.45, 7) is 0. The van der Waals surface area contributed by atoms with Crippen molar-refractivity contribution in [2.75, 3.05) is 0 Å². The van der Waals surface area contributed by atoms with Gasteiger partial charge in [-0.05, 0) is 30.3 Å². The van der Waals surface area contributed by atoms with Gasteiger partial charge in [-0.1, -0.05) is 0 Å². The van der Waals surface area contributed by atoms with E-state index in [1.165, 1.54) is 6.07 Å². The predicted molar refractivity (Wildman–Crippen MR) is 63.0 cm³/mol. The molecule has 4 nitrogen and oxygen atoms in total. The fourth-order valence-corrected chi connectivity index (χ4v) is 2.21. The highest BCUT2D eigenvalue weighted by molar-refractivity contribution is 6.30. The molecule has 0 saturated heterocycles. The van der Waals surface area contributed by atoms with Gasteiger partial charge in [0.2, 0.25) is 0 Å². The van der Waals surface area contributed by atoms with Crippen LogP contribution in [0.3, 0.4) is 0 Å². The van der Waals surface area contributed by atoms with E-state index < -0.39 is 23.1 Å². The molecule has 0 aromatic heterocycles. The molecular formula is C14H7FO4. The van der Waals surface area contributed by atoms with Gasteiger partial charge in [-0.2, -0.15) is 0 Å². The second-order valence-corrected chi connectivity index (χ2v) is 4.20. The van der Waals surface area contributed by atoms with Crippen molar-refractivity contribution in [2.45, 2.75) is 0 Å². The van der Waals surface area contributed by atoms with Crippen LogP contribution in [0.25, 0.3) is 0 Å². The van der Waals surface area contributed by atoms with E-state index in [0.717, 1.165) is 24.3 Å². The first kappa shape index (κ1) is 11.4. The molecule has 0 unspecified atom stereocenters. The van der Waals surface area contributed by atoms with Gasteiger partial charge >= 0.3 is 0 Å². The highest BCUT2D eigenvalue weighted by Crippen LogP contribution is 2.37. The van der Waals surface area contributed by atoms with Crippen molar-refractivity contribution in [1.82, 2.24) is 0 Å². The van der Waals surface area contributed by atoms with E-state index in [0.29, 0.717) is 0 Å². The smallest absolute Gasteiger partial charge is 0.198 e. The normalized spacial score (nSPS) is 13.1. The van der Waals surface area contributed by atoms with Gasteiger partial charge in [-0.3, -0.25) is 9.59 Å². The molecule has 19 heavy (non-hydrogen) atoms. The number of ketones is 2. The van der Waals surface area contributed by atoms with Crippen LogP contribution in [0.1, 0.15) is 31.8 Å². The van der Waals surface area contributed by atoms with Crippen molar-refractivity contribution in [3.05, 3.63) is 58.4 Å². The van der Waals surface area contributed by atoms with Gasteiger partial charge in [0.15, 0.2) is 11.6 Å². The molecule has 0 amide bonds. The summed E-state index contributed by atoms with van der Waals surface area (Å²) in [6, 6.07) is 5.45. The number of carbonyl (C=O) groups excluding carboxylic acids is 2. The van der Waals surface area contributed by atoms with Crippen LogP contribution in [0.2, 0.25) is 0 Å². The number of fused-ring (bicyclic) bond motifs is 2. The number of rotatable bonds is 0. The summed E-state index contributed by atoms with van der Waals surface area (Å²) in [4.78, 5) is 24.4. The van der Waals surface area contributed by atoms with Gasteiger partial charge in [0.25, 0.3) is 0 Å². The monoisotopic (exact) mass is 258 g/mol. The first-order chi connectivity index (χ1) is 9.00. The third kappa shape index (κ3) is 1.45. The van der Waals surface area contributed by atoms with E-state index >= 15 is 0 Å². The van der Waals surface area contributed by atoms with E-state index in [9.17, 15) is 24.2 Å². The Bertz CT molecular complexity index is 749. The number of phenolic OH excluding ortho intramolecular Hbond substituents is 2. The van der Waals surface area contributed by atoms with Crippen molar-refractivity contribution in [1.29, 1.82) is 0 Å². The fourth-order valence-electron chi connectivity index (χ4n) is 2.21. The Labute approximate surface area is 106 Å². The Morgan fingerprint density at radius 2 is 1.32 bits per heavy atom. The first-order valence-corrected chi connectivity index (χ1v) is 5.44. The molecule has 1 aliphatic rings. The quantitative estimate of drug-likeness (QED) is 0.605. The van der Waals surface area contributed by atoms with E-state index in [1.54, 1.807) is 0 Å². The second kappa shape index (κ2) is 3.65. The first-order valence-electron chi connectivity index (χ1n) is 5.44. The van der Waals surface area contributed by atoms with Crippen LogP contribution >= 0.6 is 0 Å². The molecule has 0 heterocycles. The minimum atomic E-state index is -0.683. The van der Waals surface area contributed by atoms with Crippen molar-refractivity contribution >= 4 is 11.6 Å². The third-order valence-electron chi connectivity index (χ3n) is 3.09. The number of benzene rings is 2. The lowest BCUT2D eigenvalue weighted by Gasteiger charge is -2.19. The SMILES string of the molecule is O=C1c2ccc(F)cc2C(=O)c2c(O)ccc(O)c21. The van der Waals surface area contributed by atoms with Crippen molar-refractivity contribution < 1.29 is 24.2 Å². The number of hydrogen-bond donors (Lipinski definition) is 2. The van der Waals surface area contributed by atoms with Crippen LogP contribution in [-0.4, -0.2) is 21.8 Å². The third-order valence-corrected chi connectivity index (χ3v) is 3.09. The van der Waals surface area contributed by atoms with Crippen molar-refractivity contribution in [3.63, 3.8) is 0 Å². The summed E-state index contributed by atoms with van der Waals surface area (Å²) in [5.74, 6) is -2.75.